The van der Waals surface area contributed by atoms with E-state index in [0.717, 1.165) is 22.2 Å². The van der Waals surface area contributed by atoms with Crippen molar-refractivity contribution in [2.75, 3.05) is 26.4 Å². The zero-order valence-corrected chi connectivity index (χ0v) is 26.5. The number of aromatic nitrogens is 5. The number of sulfonamides is 1. The quantitative estimate of drug-likeness (QED) is 0.319. The first-order valence-electron chi connectivity index (χ1n) is 14.6. The highest BCUT2D eigenvalue weighted by molar-refractivity contribution is 7.89. The topological polar surface area (TPSA) is 150 Å². The van der Waals surface area contributed by atoms with Crippen molar-refractivity contribution in [2.24, 2.45) is 5.41 Å². The Balaban J connectivity index is 1.60. The van der Waals surface area contributed by atoms with Gasteiger partial charge in [0.25, 0.3) is 0 Å². The van der Waals surface area contributed by atoms with Gasteiger partial charge in [-0.25, -0.2) is 18.1 Å². The van der Waals surface area contributed by atoms with Gasteiger partial charge in [0.15, 0.2) is 0 Å². The molecule has 4 heterocycles. The first-order valence-corrected chi connectivity index (χ1v) is 16.1. The summed E-state index contributed by atoms with van der Waals surface area (Å²) in [5.41, 5.74) is 3.72. The summed E-state index contributed by atoms with van der Waals surface area (Å²) < 4.78 is 42.4. The van der Waals surface area contributed by atoms with Gasteiger partial charge < -0.3 is 14.6 Å². The van der Waals surface area contributed by atoms with Gasteiger partial charge in [-0.2, -0.15) is 4.31 Å². The van der Waals surface area contributed by atoms with E-state index in [4.69, 9.17) is 14.5 Å². The number of pyridine rings is 2. The molecule has 44 heavy (non-hydrogen) atoms. The average Bonchev–Trinajstić information content (AvgIpc) is 3.41. The Morgan fingerprint density at radius 1 is 1.11 bits per heavy atom. The Hall–Kier alpha value is -3.94. The number of hydrogen-bond donors (Lipinski definition) is 1. The van der Waals surface area contributed by atoms with E-state index in [-0.39, 0.29) is 30.5 Å². The van der Waals surface area contributed by atoms with Crippen LogP contribution in [0.15, 0.2) is 47.5 Å². The Labute approximate surface area is 257 Å². The molecule has 234 valence electrons. The summed E-state index contributed by atoms with van der Waals surface area (Å²) in [6.45, 7) is 10.8. The number of benzene rings is 1. The zero-order valence-electron chi connectivity index (χ0n) is 25.6. The Bertz CT molecular complexity index is 1790. The maximum Gasteiger partial charge on any atom is 0.310 e. The molecule has 0 fully saturated rings. The lowest BCUT2D eigenvalue weighted by molar-refractivity contribution is -0.147. The Kier molecular flexibility index (Phi) is 9.00. The number of nitrogens with zero attached hydrogens (tertiary/aromatic N) is 6. The summed E-state index contributed by atoms with van der Waals surface area (Å²) in [5, 5.41) is 19.0. The van der Waals surface area contributed by atoms with Crippen molar-refractivity contribution in [1.29, 1.82) is 0 Å². The van der Waals surface area contributed by atoms with Crippen molar-refractivity contribution < 1.29 is 27.8 Å². The summed E-state index contributed by atoms with van der Waals surface area (Å²) in [4.78, 5) is 21.8. The molecule has 0 unspecified atom stereocenters. The molecule has 0 saturated carbocycles. The molecule has 0 saturated heterocycles. The first kappa shape index (κ1) is 31.5. The van der Waals surface area contributed by atoms with Crippen LogP contribution in [0.25, 0.3) is 11.0 Å². The third-order valence-electron chi connectivity index (χ3n) is 8.23. The monoisotopic (exact) mass is 622 g/mol. The van der Waals surface area contributed by atoms with E-state index in [1.54, 1.807) is 24.6 Å². The van der Waals surface area contributed by atoms with Crippen molar-refractivity contribution in [3.63, 3.8) is 0 Å². The van der Waals surface area contributed by atoms with E-state index in [2.05, 4.69) is 15.3 Å². The fourth-order valence-electron chi connectivity index (χ4n) is 5.59. The second-order valence-electron chi connectivity index (χ2n) is 11.5. The summed E-state index contributed by atoms with van der Waals surface area (Å²) in [7, 11) is -4.03. The van der Waals surface area contributed by atoms with Crippen LogP contribution in [-0.4, -0.2) is 75.1 Å². The molecular formula is C31H38N6O6S. The molecule has 12 nitrogen and oxygen atoms in total. The van der Waals surface area contributed by atoms with Gasteiger partial charge in [0.2, 0.25) is 15.9 Å². The van der Waals surface area contributed by atoms with E-state index in [1.165, 1.54) is 16.6 Å². The standard InChI is InChI=1S/C31H38N6O6S/c1-6-37-25-13-11-22(21(3)28(25)34-35-37)27(31(4,5)30(38)39)23-12-10-20(2)24(33-23)19-36-15-8-16-42-17-18-43-29-26(44(36,40)41)9-7-14-32-29/h7,9-14,27H,6,8,15-19H2,1-5H3,(H,38,39)/t27-/m0/s1. The average molecular weight is 623 g/mol. The molecule has 5 rings (SSSR count). The van der Waals surface area contributed by atoms with E-state index in [1.807, 2.05) is 45.0 Å². The van der Waals surface area contributed by atoms with Crippen molar-refractivity contribution in [1.82, 2.24) is 29.3 Å². The lowest BCUT2D eigenvalue weighted by Gasteiger charge is -2.32. The highest BCUT2D eigenvalue weighted by Crippen LogP contribution is 2.43. The van der Waals surface area contributed by atoms with Crippen LogP contribution < -0.4 is 4.74 Å². The molecule has 13 heteroatoms. The predicted octanol–water partition coefficient (Wildman–Crippen LogP) is 4.09. The van der Waals surface area contributed by atoms with Gasteiger partial charge in [0, 0.05) is 37.5 Å². The molecule has 1 aliphatic heterocycles. The van der Waals surface area contributed by atoms with Crippen molar-refractivity contribution >= 4 is 27.0 Å². The van der Waals surface area contributed by atoms with Crippen LogP contribution in [0.2, 0.25) is 0 Å². The van der Waals surface area contributed by atoms with Gasteiger partial charge in [-0.1, -0.05) is 17.3 Å². The van der Waals surface area contributed by atoms with Gasteiger partial charge in [-0.3, -0.25) is 9.78 Å². The number of rotatable bonds is 7. The molecular weight excluding hydrogens is 584 g/mol. The fourth-order valence-corrected chi connectivity index (χ4v) is 7.12. The van der Waals surface area contributed by atoms with Crippen LogP contribution in [0.4, 0.5) is 0 Å². The highest BCUT2D eigenvalue weighted by atomic mass is 32.2. The Morgan fingerprint density at radius 3 is 2.66 bits per heavy atom. The van der Waals surface area contributed by atoms with E-state index in [9.17, 15) is 18.3 Å². The van der Waals surface area contributed by atoms with Crippen LogP contribution in [-0.2, 0) is 32.6 Å². The van der Waals surface area contributed by atoms with Crippen LogP contribution >= 0.6 is 0 Å². The number of carbonyl (C=O) groups is 1. The van der Waals surface area contributed by atoms with Gasteiger partial charge >= 0.3 is 5.97 Å². The largest absolute Gasteiger partial charge is 0.481 e. The summed E-state index contributed by atoms with van der Waals surface area (Å²) in [5.74, 6) is -1.63. The lowest BCUT2D eigenvalue weighted by atomic mass is 9.71. The van der Waals surface area contributed by atoms with Crippen LogP contribution in [0.3, 0.4) is 0 Å². The number of hydrogen-bond acceptors (Lipinski definition) is 9. The molecule has 0 spiro atoms. The number of carboxylic acids is 1. The predicted molar refractivity (Wildman–Crippen MR) is 163 cm³/mol. The van der Waals surface area contributed by atoms with E-state index >= 15 is 0 Å². The number of aryl methyl sites for hydroxylation is 3. The Morgan fingerprint density at radius 2 is 1.91 bits per heavy atom. The van der Waals surface area contributed by atoms with Crippen molar-refractivity contribution in [2.45, 2.75) is 64.9 Å². The van der Waals surface area contributed by atoms with Crippen LogP contribution in [0.1, 0.15) is 61.2 Å². The minimum atomic E-state index is -4.03. The van der Waals surface area contributed by atoms with Crippen LogP contribution in [0, 0.1) is 19.3 Å². The molecule has 1 N–H and O–H groups in total. The summed E-state index contributed by atoms with van der Waals surface area (Å²) in [6, 6.07) is 10.6. The minimum Gasteiger partial charge on any atom is -0.481 e. The van der Waals surface area contributed by atoms with Gasteiger partial charge in [-0.05, 0) is 82.0 Å². The summed E-state index contributed by atoms with van der Waals surface area (Å²) >= 11 is 0. The molecule has 1 aliphatic rings. The number of ether oxygens (including phenoxy) is 2. The van der Waals surface area contributed by atoms with E-state index < -0.39 is 27.3 Å². The number of carboxylic acid groups (broad SMARTS) is 1. The third kappa shape index (κ3) is 5.91. The fraction of sp³-hybridized carbons (Fsp3) is 0.452. The molecule has 4 aromatic rings. The smallest absolute Gasteiger partial charge is 0.310 e. The second kappa shape index (κ2) is 12.6. The van der Waals surface area contributed by atoms with Gasteiger partial charge in [-0.15, -0.1) is 5.10 Å². The normalized spacial score (nSPS) is 16.9. The molecule has 0 amide bonds. The molecule has 0 radical (unpaired) electrons. The van der Waals surface area contributed by atoms with Crippen molar-refractivity contribution in [3.8, 4) is 5.88 Å². The van der Waals surface area contributed by atoms with E-state index in [0.29, 0.717) is 43.1 Å². The molecule has 0 aliphatic carbocycles. The molecule has 1 atom stereocenters. The first-order chi connectivity index (χ1) is 21.0. The van der Waals surface area contributed by atoms with Crippen molar-refractivity contribution in [3.05, 3.63) is 70.7 Å². The maximum atomic E-state index is 14.0. The van der Waals surface area contributed by atoms with Gasteiger partial charge in [0.05, 0.1) is 29.8 Å². The SMILES string of the molecule is CCn1nnc2c(C)c([C@@H](c3ccc(C)c(CN4CCCOCCOc5ncccc5S4(=O)=O)n3)C(C)(C)C(=O)O)ccc21. The second-order valence-corrected chi connectivity index (χ2v) is 13.4. The zero-order chi connectivity index (χ0) is 31.6. The lowest BCUT2D eigenvalue weighted by Crippen LogP contribution is -2.34. The highest BCUT2D eigenvalue weighted by Gasteiger charge is 2.41. The number of aliphatic carboxylic acids is 1. The maximum absolute atomic E-state index is 14.0. The summed E-state index contributed by atoms with van der Waals surface area (Å²) in [6.07, 6.45) is 1.96. The number of fused-ring (bicyclic) bond motifs is 2. The molecule has 1 aromatic carbocycles. The van der Waals surface area contributed by atoms with Gasteiger partial charge in [0.1, 0.15) is 17.0 Å². The molecule has 0 bridgehead atoms. The third-order valence-corrected chi connectivity index (χ3v) is 10.1. The minimum absolute atomic E-state index is 0.0235. The van der Waals surface area contributed by atoms with Crippen LogP contribution in [0.5, 0.6) is 5.88 Å². The molecule has 3 aromatic heterocycles.